The first-order valence-corrected chi connectivity index (χ1v) is 6.80. The molecule has 0 atom stereocenters. The van der Waals surface area contributed by atoms with E-state index in [1.807, 2.05) is 30.5 Å². The number of hydrogen-bond acceptors (Lipinski definition) is 4. The zero-order valence-corrected chi connectivity index (χ0v) is 12.1. The molecule has 3 rings (SSSR count). The largest absolute Gasteiger partial charge is 0.279 e. The molecule has 0 aliphatic heterocycles. The van der Waals surface area contributed by atoms with Gasteiger partial charge in [0.25, 0.3) is 0 Å². The van der Waals surface area contributed by atoms with E-state index in [0.29, 0.717) is 10.8 Å². The van der Waals surface area contributed by atoms with Crippen molar-refractivity contribution in [3.63, 3.8) is 0 Å². The fourth-order valence-corrected chi connectivity index (χ4v) is 2.46. The molecule has 3 aromatic rings. The molecule has 0 spiro atoms. The zero-order valence-electron chi connectivity index (χ0n) is 11.3. The standard InChI is InChI=1S/C14H14ClN5/c1-9-10(2)20-12(18-19-14(20)13(15)17-9)6-5-11-4-3-7-16-8-11/h3-4,7-8H,5-6H2,1-2H3. The number of hydrogen-bond donors (Lipinski definition) is 0. The minimum absolute atomic E-state index is 0.397. The lowest BCUT2D eigenvalue weighted by atomic mass is 10.1. The molecule has 0 radical (unpaired) electrons. The number of nitrogens with zero attached hydrogens (tertiary/aromatic N) is 5. The van der Waals surface area contributed by atoms with E-state index in [1.165, 1.54) is 5.56 Å². The van der Waals surface area contributed by atoms with Gasteiger partial charge in [-0.1, -0.05) is 17.7 Å². The molecule has 3 aromatic heterocycles. The van der Waals surface area contributed by atoms with E-state index in [2.05, 4.69) is 26.2 Å². The molecule has 6 heteroatoms. The maximum Gasteiger partial charge on any atom is 0.198 e. The highest BCUT2D eigenvalue weighted by molar-refractivity contribution is 6.32. The number of rotatable bonds is 3. The van der Waals surface area contributed by atoms with Crippen molar-refractivity contribution < 1.29 is 0 Å². The van der Waals surface area contributed by atoms with Crippen LogP contribution in [0.1, 0.15) is 22.8 Å². The summed E-state index contributed by atoms with van der Waals surface area (Å²) in [6.07, 6.45) is 5.30. The van der Waals surface area contributed by atoms with Gasteiger partial charge >= 0.3 is 0 Å². The summed E-state index contributed by atoms with van der Waals surface area (Å²) < 4.78 is 1.99. The predicted molar refractivity (Wildman–Crippen MR) is 76.9 cm³/mol. The summed E-state index contributed by atoms with van der Waals surface area (Å²) >= 11 is 6.12. The highest BCUT2D eigenvalue weighted by Gasteiger charge is 2.13. The average molecular weight is 288 g/mol. The van der Waals surface area contributed by atoms with Gasteiger partial charge in [-0.25, -0.2) is 4.98 Å². The van der Waals surface area contributed by atoms with Gasteiger partial charge in [-0.3, -0.25) is 9.38 Å². The highest BCUT2D eigenvalue weighted by atomic mass is 35.5. The van der Waals surface area contributed by atoms with E-state index in [0.717, 1.165) is 30.1 Å². The number of aromatic nitrogens is 5. The Hall–Kier alpha value is -2.01. The number of halogens is 1. The highest BCUT2D eigenvalue weighted by Crippen LogP contribution is 2.19. The van der Waals surface area contributed by atoms with Gasteiger partial charge in [0.05, 0.1) is 5.69 Å². The molecule has 3 heterocycles. The van der Waals surface area contributed by atoms with Crippen molar-refractivity contribution in [2.45, 2.75) is 26.7 Å². The molecular weight excluding hydrogens is 274 g/mol. The third kappa shape index (κ3) is 2.25. The Morgan fingerprint density at radius 1 is 1.20 bits per heavy atom. The summed E-state index contributed by atoms with van der Waals surface area (Å²) in [6.45, 7) is 3.94. The van der Waals surface area contributed by atoms with Crippen molar-refractivity contribution in [2.24, 2.45) is 0 Å². The second-order valence-electron chi connectivity index (χ2n) is 4.71. The molecular formula is C14H14ClN5. The molecule has 0 N–H and O–H groups in total. The summed E-state index contributed by atoms with van der Waals surface area (Å²) in [5.74, 6) is 0.897. The smallest absolute Gasteiger partial charge is 0.198 e. The lowest BCUT2D eigenvalue weighted by molar-refractivity contribution is 0.819. The van der Waals surface area contributed by atoms with Crippen LogP contribution in [0.5, 0.6) is 0 Å². The van der Waals surface area contributed by atoms with E-state index in [9.17, 15) is 0 Å². The third-order valence-corrected chi connectivity index (χ3v) is 3.65. The van der Waals surface area contributed by atoms with Gasteiger partial charge in [0.1, 0.15) is 5.82 Å². The molecule has 0 amide bonds. The van der Waals surface area contributed by atoms with Gasteiger partial charge in [-0.15, -0.1) is 10.2 Å². The molecule has 0 aromatic carbocycles. The van der Waals surface area contributed by atoms with Crippen LogP contribution in [0, 0.1) is 13.8 Å². The van der Waals surface area contributed by atoms with Crippen LogP contribution >= 0.6 is 11.6 Å². The summed E-state index contributed by atoms with van der Waals surface area (Å²) in [5, 5.41) is 8.77. The lowest BCUT2D eigenvalue weighted by Gasteiger charge is -2.07. The van der Waals surface area contributed by atoms with E-state index < -0.39 is 0 Å². The fraction of sp³-hybridized carbons (Fsp3) is 0.286. The fourth-order valence-electron chi connectivity index (χ4n) is 2.21. The van der Waals surface area contributed by atoms with Crippen LogP contribution in [0.15, 0.2) is 24.5 Å². The second-order valence-corrected chi connectivity index (χ2v) is 5.07. The van der Waals surface area contributed by atoms with Crippen molar-refractivity contribution in [1.82, 2.24) is 24.6 Å². The maximum atomic E-state index is 6.12. The molecule has 0 bridgehead atoms. The van der Waals surface area contributed by atoms with Crippen molar-refractivity contribution in [2.75, 3.05) is 0 Å². The van der Waals surface area contributed by atoms with Gasteiger partial charge in [-0.05, 0) is 31.9 Å². The van der Waals surface area contributed by atoms with Crippen LogP contribution in [0.3, 0.4) is 0 Å². The maximum absolute atomic E-state index is 6.12. The van der Waals surface area contributed by atoms with Gasteiger partial charge in [0.2, 0.25) is 0 Å². The molecule has 0 fully saturated rings. The monoisotopic (exact) mass is 287 g/mol. The van der Waals surface area contributed by atoms with E-state index >= 15 is 0 Å². The summed E-state index contributed by atoms with van der Waals surface area (Å²) in [7, 11) is 0. The van der Waals surface area contributed by atoms with E-state index in [-0.39, 0.29) is 0 Å². The van der Waals surface area contributed by atoms with Crippen molar-refractivity contribution >= 4 is 17.2 Å². The van der Waals surface area contributed by atoms with Crippen LogP contribution in [-0.4, -0.2) is 24.6 Å². The molecule has 102 valence electrons. The third-order valence-electron chi connectivity index (χ3n) is 3.40. The van der Waals surface area contributed by atoms with Gasteiger partial charge in [-0.2, -0.15) is 0 Å². The van der Waals surface area contributed by atoms with E-state index in [1.54, 1.807) is 6.20 Å². The van der Waals surface area contributed by atoms with Gasteiger partial charge < -0.3 is 0 Å². The molecule has 0 unspecified atom stereocenters. The van der Waals surface area contributed by atoms with Crippen molar-refractivity contribution in [1.29, 1.82) is 0 Å². The van der Waals surface area contributed by atoms with Crippen LogP contribution < -0.4 is 0 Å². The van der Waals surface area contributed by atoms with Crippen LogP contribution in [-0.2, 0) is 12.8 Å². The Balaban J connectivity index is 1.96. The molecule has 20 heavy (non-hydrogen) atoms. The topological polar surface area (TPSA) is 56.0 Å². The summed E-state index contributed by atoms with van der Waals surface area (Å²) in [4.78, 5) is 8.38. The van der Waals surface area contributed by atoms with Crippen molar-refractivity contribution in [3.05, 3.63) is 52.5 Å². The minimum atomic E-state index is 0.397. The van der Waals surface area contributed by atoms with Gasteiger partial charge in [0, 0.05) is 24.5 Å². The summed E-state index contributed by atoms with van der Waals surface area (Å²) in [6, 6.07) is 4.00. The first-order chi connectivity index (χ1) is 9.66. The Morgan fingerprint density at radius 3 is 2.80 bits per heavy atom. The van der Waals surface area contributed by atoms with E-state index in [4.69, 9.17) is 11.6 Å². The van der Waals surface area contributed by atoms with Crippen LogP contribution in [0.4, 0.5) is 0 Å². The number of pyridine rings is 1. The Kier molecular flexibility index (Phi) is 3.36. The molecule has 0 saturated carbocycles. The minimum Gasteiger partial charge on any atom is -0.279 e. The first kappa shape index (κ1) is 13.0. The Bertz CT molecular complexity index is 751. The number of fused-ring (bicyclic) bond motifs is 1. The Morgan fingerprint density at radius 2 is 2.05 bits per heavy atom. The Labute approximate surface area is 121 Å². The second kappa shape index (κ2) is 5.17. The SMILES string of the molecule is Cc1nc(Cl)c2nnc(CCc3cccnc3)n2c1C. The first-order valence-electron chi connectivity index (χ1n) is 6.42. The predicted octanol–water partition coefficient (Wildman–Crippen LogP) is 2.57. The zero-order chi connectivity index (χ0) is 14.1. The molecule has 0 saturated heterocycles. The molecule has 0 aliphatic carbocycles. The summed E-state index contributed by atoms with van der Waals surface area (Å²) in [5.41, 5.74) is 3.72. The average Bonchev–Trinajstić information content (AvgIpc) is 2.88. The van der Waals surface area contributed by atoms with Gasteiger partial charge in [0.15, 0.2) is 10.8 Å². The van der Waals surface area contributed by atoms with Crippen molar-refractivity contribution in [3.8, 4) is 0 Å². The van der Waals surface area contributed by atoms with Crippen LogP contribution in [0.2, 0.25) is 5.15 Å². The molecule has 0 aliphatic rings. The lowest BCUT2D eigenvalue weighted by Crippen LogP contribution is -2.04. The number of aryl methyl sites for hydroxylation is 4. The molecule has 5 nitrogen and oxygen atoms in total. The quantitative estimate of drug-likeness (QED) is 0.743. The van der Waals surface area contributed by atoms with Crippen LogP contribution in [0.25, 0.3) is 5.65 Å². The normalized spacial score (nSPS) is 11.2.